The minimum atomic E-state index is -0.316. The van der Waals surface area contributed by atoms with E-state index in [-0.39, 0.29) is 18.2 Å². The predicted molar refractivity (Wildman–Crippen MR) is 95.2 cm³/mol. The van der Waals surface area contributed by atoms with E-state index in [0.29, 0.717) is 12.2 Å². The smallest absolute Gasteiger partial charge is 0.233 e. The largest absolute Gasteiger partial charge is 0.356 e. The van der Waals surface area contributed by atoms with Crippen molar-refractivity contribution in [2.24, 2.45) is 0 Å². The number of hydrogen-bond donors (Lipinski definition) is 2. The minimum absolute atomic E-state index is 0.169. The Labute approximate surface area is 144 Å². The van der Waals surface area contributed by atoms with E-state index in [1.165, 1.54) is 5.56 Å². The van der Waals surface area contributed by atoms with E-state index < -0.39 is 0 Å². The highest BCUT2D eigenvalue weighted by molar-refractivity contribution is 9.10. The van der Waals surface area contributed by atoms with Gasteiger partial charge in [0.25, 0.3) is 0 Å². The molecule has 0 fully saturated rings. The number of anilines is 1. The first-order valence-corrected chi connectivity index (χ1v) is 8.29. The number of rotatable bonds is 7. The summed E-state index contributed by atoms with van der Waals surface area (Å²) in [4.78, 5) is 23.5. The molecule has 0 saturated carbocycles. The summed E-state index contributed by atoms with van der Waals surface area (Å²) in [6.07, 6.45) is 1.59. The summed E-state index contributed by atoms with van der Waals surface area (Å²) in [5, 5.41) is 5.47. The van der Waals surface area contributed by atoms with Crippen LogP contribution in [0.4, 0.5) is 5.69 Å². The second kappa shape index (κ2) is 9.10. The minimum Gasteiger partial charge on any atom is -0.356 e. The van der Waals surface area contributed by atoms with Gasteiger partial charge in [-0.1, -0.05) is 52.3 Å². The third kappa shape index (κ3) is 6.65. The monoisotopic (exact) mass is 374 g/mol. The summed E-state index contributed by atoms with van der Waals surface area (Å²) < 4.78 is 0.876. The molecular weight excluding hydrogens is 356 g/mol. The molecule has 0 heterocycles. The molecule has 0 unspecified atom stereocenters. The lowest BCUT2D eigenvalue weighted by Gasteiger charge is -2.07. The number of benzene rings is 2. The molecule has 0 aliphatic rings. The van der Waals surface area contributed by atoms with E-state index >= 15 is 0 Å². The number of amides is 2. The number of halogens is 1. The quantitative estimate of drug-likeness (QED) is 0.575. The van der Waals surface area contributed by atoms with E-state index in [2.05, 4.69) is 38.7 Å². The molecule has 120 valence electrons. The number of carbonyl (C=O) groups excluding carboxylic acids is 2. The molecule has 2 aromatic carbocycles. The van der Waals surface area contributed by atoms with Crippen molar-refractivity contribution in [1.29, 1.82) is 0 Å². The highest BCUT2D eigenvalue weighted by atomic mass is 79.9. The van der Waals surface area contributed by atoms with Crippen molar-refractivity contribution in [2.75, 3.05) is 11.9 Å². The normalized spacial score (nSPS) is 10.1. The predicted octanol–water partition coefficient (Wildman–Crippen LogP) is 3.53. The van der Waals surface area contributed by atoms with Crippen molar-refractivity contribution < 1.29 is 9.59 Å². The Morgan fingerprint density at radius 3 is 2.48 bits per heavy atom. The molecule has 0 aliphatic heterocycles. The summed E-state index contributed by atoms with van der Waals surface area (Å²) in [5.41, 5.74) is 1.91. The number of nitrogens with one attached hydrogen (secondary N) is 2. The molecule has 0 radical (unpaired) electrons. The maximum atomic E-state index is 11.8. The molecule has 2 aromatic rings. The van der Waals surface area contributed by atoms with Crippen molar-refractivity contribution in [3.63, 3.8) is 0 Å². The lowest BCUT2D eigenvalue weighted by atomic mass is 10.1. The Morgan fingerprint density at radius 2 is 1.74 bits per heavy atom. The second-order valence-electron chi connectivity index (χ2n) is 5.17. The summed E-state index contributed by atoms with van der Waals surface area (Å²) in [7, 11) is 0. The third-order valence-corrected chi connectivity index (χ3v) is 3.73. The first kappa shape index (κ1) is 17.2. The van der Waals surface area contributed by atoms with E-state index in [0.717, 1.165) is 17.3 Å². The topological polar surface area (TPSA) is 58.2 Å². The Kier molecular flexibility index (Phi) is 6.81. The van der Waals surface area contributed by atoms with Crippen LogP contribution in [0.15, 0.2) is 59.1 Å². The SMILES string of the molecule is O=C(CC(=O)Nc1cccc(Br)c1)NCCCc1ccccc1. The van der Waals surface area contributed by atoms with Gasteiger partial charge in [-0.2, -0.15) is 0 Å². The van der Waals surface area contributed by atoms with Crippen LogP contribution in [-0.4, -0.2) is 18.4 Å². The third-order valence-electron chi connectivity index (χ3n) is 3.24. The molecule has 4 nitrogen and oxygen atoms in total. The summed E-state index contributed by atoms with van der Waals surface area (Å²) in [5.74, 6) is -0.575. The van der Waals surface area contributed by atoms with Crippen molar-refractivity contribution >= 4 is 33.4 Å². The molecule has 5 heteroatoms. The van der Waals surface area contributed by atoms with E-state index in [1.54, 1.807) is 12.1 Å². The van der Waals surface area contributed by atoms with Crippen LogP contribution in [0.5, 0.6) is 0 Å². The standard InChI is InChI=1S/C18H19BrN2O2/c19-15-9-4-10-16(12-15)21-18(23)13-17(22)20-11-5-8-14-6-2-1-3-7-14/h1-4,6-7,9-10,12H,5,8,11,13H2,(H,20,22)(H,21,23). The van der Waals surface area contributed by atoms with Crippen molar-refractivity contribution in [2.45, 2.75) is 19.3 Å². The van der Waals surface area contributed by atoms with Crippen LogP contribution >= 0.6 is 15.9 Å². The molecule has 0 spiro atoms. The van der Waals surface area contributed by atoms with E-state index in [4.69, 9.17) is 0 Å². The molecule has 2 N–H and O–H groups in total. The van der Waals surface area contributed by atoms with Gasteiger partial charge in [-0.25, -0.2) is 0 Å². The number of carbonyl (C=O) groups is 2. The second-order valence-corrected chi connectivity index (χ2v) is 6.09. The highest BCUT2D eigenvalue weighted by Gasteiger charge is 2.09. The van der Waals surface area contributed by atoms with Crippen LogP contribution in [0.2, 0.25) is 0 Å². The fourth-order valence-electron chi connectivity index (χ4n) is 2.14. The average Bonchev–Trinajstić information content (AvgIpc) is 2.52. The van der Waals surface area contributed by atoms with Crippen LogP contribution in [0, 0.1) is 0 Å². The zero-order valence-electron chi connectivity index (χ0n) is 12.7. The van der Waals surface area contributed by atoms with Gasteiger partial charge in [0.15, 0.2) is 0 Å². The van der Waals surface area contributed by atoms with Gasteiger partial charge >= 0.3 is 0 Å². The van der Waals surface area contributed by atoms with Gasteiger partial charge in [-0.3, -0.25) is 9.59 Å². The van der Waals surface area contributed by atoms with E-state index in [1.807, 2.05) is 30.3 Å². The molecule has 0 saturated heterocycles. The van der Waals surface area contributed by atoms with Crippen molar-refractivity contribution in [1.82, 2.24) is 5.32 Å². The molecule has 0 aromatic heterocycles. The first-order chi connectivity index (χ1) is 11.1. The maximum Gasteiger partial charge on any atom is 0.233 e. The average molecular weight is 375 g/mol. The Morgan fingerprint density at radius 1 is 0.957 bits per heavy atom. The zero-order valence-corrected chi connectivity index (χ0v) is 14.3. The van der Waals surface area contributed by atoms with Crippen LogP contribution in [0.1, 0.15) is 18.4 Å². The molecular formula is C18H19BrN2O2. The lowest BCUT2D eigenvalue weighted by molar-refractivity contribution is -0.126. The molecule has 0 atom stereocenters. The van der Waals surface area contributed by atoms with Gasteiger partial charge < -0.3 is 10.6 Å². The van der Waals surface area contributed by atoms with Crippen molar-refractivity contribution in [3.05, 3.63) is 64.6 Å². The fraction of sp³-hybridized carbons (Fsp3) is 0.222. The Hall–Kier alpha value is -2.14. The Bertz CT molecular complexity index is 659. The fourth-order valence-corrected chi connectivity index (χ4v) is 2.54. The molecule has 23 heavy (non-hydrogen) atoms. The molecule has 0 aliphatic carbocycles. The summed E-state index contributed by atoms with van der Waals surface area (Å²) in [6.45, 7) is 0.567. The van der Waals surface area contributed by atoms with Gasteiger partial charge in [-0.05, 0) is 36.6 Å². The zero-order chi connectivity index (χ0) is 16.5. The molecule has 2 amide bonds. The highest BCUT2D eigenvalue weighted by Crippen LogP contribution is 2.15. The van der Waals surface area contributed by atoms with Gasteiger partial charge in [-0.15, -0.1) is 0 Å². The van der Waals surface area contributed by atoms with Gasteiger partial charge in [0.2, 0.25) is 11.8 Å². The Balaban J connectivity index is 1.65. The maximum absolute atomic E-state index is 11.8. The summed E-state index contributed by atoms with van der Waals surface area (Å²) >= 11 is 3.33. The molecule has 0 bridgehead atoms. The van der Waals surface area contributed by atoms with Gasteiger partial charge in [0.05, 0.1) is 0 Å². The first-order valence-electron chi connectivity index (χ1n) is 7.49. The lowest BCUT2D eigenvalue weighted by Crippen LogP contribution is -2.29. The van der Waals surface area contributed by atoms with Crippen LogP contribution in [-0.2, 0) is 16.0 Å². The number of hydrogen-bond acceptors (Lipinski definition) is 2. The van der Waals surface area contributed by atoms with E-state index in [9.17, 15) is 9.59 Å². The van der Waals surface area contributed by atoms with Crippen LogP contribution in [0.25, 0.3) is 0 Å². The van der Waals surface area contributed by atoms with Crippen LogP contribution < -0.4 is 10.6 Å². The van der Waals surface area contributed by atoms with Gasteiger partial charge in [0.1, 0.15) is 6.42 Å². The molecule has 2 rings (SSSR count). The van der Waals surface area contributed by atoms with Crippen molar-refractivity contribution in [3.8, 4) is 0 Å². The van der Waals surface area contributed by atoms with Crippen LogP contribution in [0.3, 0.4) is 0 Å². The number of aryl methyl sites for hydroxylation is 1. The van der Waals surface area contributed by atoms with Gasteiger partial charge in [0, 0.05) is 16.7 Å². The summed E-state index contributed by atoms with van der Waals surface area (Å²) in [6, 6.07) is 17.4.